The molecular formula is C25H25N. The van der Waals surface area contributed by atoms with Crippen LogP contribution in [0.3, 0.4) is 0 Å². The van der Waals surface area contributed by atoms with E-state index in [1.165, 1.54) is 51.6 Å². The van der Waals surface area contributed by atoms with Gasteiger partial charge in [0.05, 0.1) is 0 Å². The molecule has 1 N–H and O–H groups in total. The van der Waals surface area contributed by atoms with Gasteiger partial charge in [0.25, 0.3) is 0 Å². The number of piperidine rings is 1. The smallest absolute Gasteiger partial charge is 0.0355 e. The molecule has 2 unspecified atom stereocenters. The Morgan fingerprint density at radius 2 is 1.85 bits per heavy atom. The van der Waals surface area contributed by atoms with E-state index < -0.39 is 0 Å². The number of allylic oxidation sites excluding steroid dienone is 1. The van der Waals surface area contributed by atoms with E-state index in [9.17, 15) is 0 Å². The largest absolute Gasteiger partial charge is 0.385 e. The molecule has 0 amide bonds. The van der Waals surface area contributed by atoms with Crippen molar-refractivity contribution in [3.8, 4) is 11.1 Å². The molecule has 26 heavy (non-hydrogen) atoms. The lowest BCUT2D eigenvalue weighted by Crippen LogP contribution is -2.52. The fourth-order valence-electron chi connectivity index (χ4n) is 5.08. The summed E-state index contributed by atoms with van der Waals surface area (Å²) in [6, 6.07) is 23.0. The van der Waals surface area contributed by atoms with Gasteiger partial charge >= 0.3 is 0 Å². The van der Waals surface area contributed by atoms with E-state index in [1.807, 2.05) is 0 Å². The van der Waals surface area contributed by atoms with E-state index in [-0.39, 0.29) is 5.41 Å². The first kappa shape index (κ1) is 15.7. The standard InChI is InChI=1S/C25H25N/c1-17-14-15-25(2)23-12-10-19(16-20(23)11-13-24(25)26-17)22-9-5-7-18-6-3-4-8-21(18)22/h3-10,12,16,24,26H,1,11,13-15H2,2H3. The summed E-state index contributed by atoms with van der Waals surface area (Å²) in [4.78, 5) is 0. The van der Waals surface area contributed by atoms with Crippen LogP contribution < -0.4 is 5.32 Å². The molecule has 3 aromatic carbocycles. The van der Waals surface area contributed by atoms with Gasteiger partial charge in [0, 0.05) is 17.2 Å². The van der Waals surface area contributed by atoms with E-state index in [2.05, 4.69) is 79.5 Å². The highest BCUT2D eigenvalue weighted by Gasteiger charge is 2.42. The summed E-state index contributed by atoms with van der Waals surface area (Å²) in [5, 5.41) is 6.32. The lowest BCUT2D eigenvalue weighted by molar-refractivity contribution is 0.246. The van der Waals surface area contributed by atoms with Gasteiger partial charge in [0.15, 0.2) is 0 Å². The van der Waals surface area contributed by atoms with Crippen molar-refractivity contribution in [2.24, 2.45) is 0 Å². The van der Waals surface area contributed by atoms with Crippen molar-refractivity contribution in [3.63, 3.8) is 0 Å². The number of hydrogen-bond donors (Lipinski definition) is 1. The minimum Gasteiger partial charge on any atom is -0.385 e. The van der Waals surface area contributed by atoms with Crippen LogP contribution >= 0.6 is 0 Å². The molecule has 1 aliphatic heterocycles. The maximum atomic E-state index is 4.16. The van der Waals surface area contributed by atoms with Crippen LogP contribution in [-0.4, -0.2) is 6.04 Å². The van der Waals surface area contributed by atoms with Gasteiger partial charge in [-0.25, -0.2) is 0 Å². The van der Waals surface area contributed by atoms with E-state index in [0.717, 1.165) is 12.8 Å². The third-order valence-corrected chi connectivity index (χ3v) is 6.62. The quantitative estimate of drug-likeness (QED) is 0.575. The van der Waals surface area contributed by atoms with Crippen LogP contribution in [0.1, 0.15) is 37.3 Å². The zero-order valence-electron chi connectivity index (χ0n) is 15.4. The topological polar surface area (TPSA) is 12.0 Å². The molecule has 0 saturated carbocycles. The first-order valence-electron chi connectivity index (χ1n) is 9.71. The zero-order chi connectivity index (χ0) is 17.7. The molecular weight excluding hydrogens is 314 g/mol. The van der Waals surface area contributed by atoms with Crippen molar-refractivity contribution < 1.29 is 0 Å². The van der Waals surface area contributed by atoms with Gasteiger partial charge in [-0.05, 0) is 58.7 Å². The molecule has 5 rings (SSSR count). The van der Waals surface area contributed by atoms with Crippen LogP contribution in [0.2, 0.25) is 0 Å². The molecule has 1 aliphatic carbocycles. The van der Waals surface area contributed by atoms with Gasteiger partial charge in [-0.2, -0.15) is 0 Å². The highest BCUT2D eigenvalue weighted by molar-refractivity contribution is 5.96. The third-order valence-electron chi connectivity index (χ3n) is 6.62. The summed E-state index contributed by atoms with van der Waals surface area (Å²) in [6.45, 7) is 6.60. The van der Waals surface area contributed by atoms with Gasteiger partial charge in [-0.15, -0.1) is 0 Å². The second kappa shape index (κ2) is 5.74. The van der Waals surface area contributed by atoms with Gasteiger partial charge in [-0.3, -0.25) is 0 Å². The molecule has 2 aliphatic rings. The predicted octanol–water partition coefficient (Wildman–Crippen LogP) is 5.98. The van der Waals surface area contributed by atoms with Crippen LogP contribution in [0, 0.1) is 0 Å². The Morgan fingerprint density at radius 3 is 2.77 bits per heavy atom. The summed E-state index contributed by atoms with van der Waals surface area (Å²) in [5.74, 6) is 0. The fourth-order valence-corrected chi connectivity index (χ4v) is 5.08. The number of hydrogen-bond acceptors (Lipinski definition) is 1. The second-order valence-electron chi connectivity index (χ2n) is 8.16. The van der Waals surface area contributed by atoms with Crippen LogP contribution in [0.5, 0.6) is 0 Å². The number of benzene rings is 3. The lowest BCUT2D eigenvalue weighted by Gasteiger charge is -2.48. The van der Waals surface area contributed by atoms with Crippen molar-refractivity contribution in [1.82, 2.24) is 5.32 Å². The summed E-state index contributed by atoms with van der Waals surface area (Å²) < 4.78 is 0. The first-order chi connectivity index (χ1) is 12.6. The van der Waals surface area contributed by atoms with E-state index in [1.54, 1.807) is 0 Å². The van der Waals surface area contributed by atoms with Gasteiger partial charge in [0.1, 0.15) is 0 Å². The van der Waals surface area contributed by atoms with Crippen LogP contribution in [0.15, 0.2) is 72.9 Å². The summed E-state index contributed by atoms with van der Waals surface area (Å²) in [6.07, 6.45) is 4.62. The van der Waals surface area contributed by atoms with Crippen molar-refractivity contribution >= 4 is 10.8 Å². The molecule has 3 aromatic rings. The van der Waals surface area contributed by atoms with E-state index >= 15 is 0 Å². The molecule has 1 heterocycles. The summed E-state index contributed by atoms with van der Waals surface area (Å²) in [7, 11) is 0. The molecule has 0 radical (unpaired) electrons. The average Bonchev–Trinajstić information content (AvgIpc) is 2.68. The molecule has 0 bridgehead atoms. The Balaban J connectivity index is 1.62. The van der Waals surface area contributed by atoms with Gasteiger partial charge < -0.3 is 5.32 Å². The maximum Gasteiger partial charge on any atom is 0.0355 e. The fraction of sp³-hybridized carbons (Fsp3) is 0.280. The van der Waals surface area contributed by atoms with Gasteiger partial charge in [-0.1, -0.05) is 74.2 Å². The minimum absolute atomic E-state index is 0.228. The van der Waals surface area contributed by atoms with Crippen LogP contribution in [0.25, 0.3) is 21.9 Å². The van der Waals surface area contributed by atoms with Crippen molar-refractivity contribution in [2.75, 3.05) is 0 Å². The molecule has 1 fully saturated rings. The molecule has 0 aromatic heterocycles. The van der Waals surface area contributed by atoms with Crippen molar-refractivity contribution in [1.29, 1.82) is 0 Å². The Hall–Kier alpha value is -2.54. The first-order valence-corrected chi connectivity index (χ1v) is 9.71. The van der Waals surface area contributed by atoms with Crippen LogP contribution in [0.4, 0.5) is 0 Å². The molecule has 130 valence electrons. The number of nitrogens with one attached hydrogen (secondary N) is 1. The lowest BCUT2D eigenvalue weighted by atomic mass is 9.63. The molecule has 1 saturated heterocycles. The van der Waals surface area contributed by atoms with Crippen molar-refractivity contribution in [2.45, 2.75) is 44.1 Å². The number of fused-ring (bicyclic) bond motifs is 4. The highest BCUT2D eigenvalue weighted by Crippen LogP contribution is 2.45. The molecule has 2 atom stereocenters. The monoisotopic (exact) mass is 339 g/mol. The van der Waals surface area contributed by atoms with E-state index in [4.69, 9.17) is 0 Å². The predicted molar refractivity (Wildman–Crippen MR) is 110 cm³/mol. The highest BCUT2D eigenvalue weighted by atomic mass is 15.0. The minimum atomic E-state index is 0.228. The Kier molecular flexibility index (Phi) is 3.46. The average molecular weight is 339 g/mol. The normalized spacial score (nSPS) is 24.7. The molecule has 1 heteroatoms. The van der Waals surface area contributed by atoms with E-state index in [0.29, 0.717) is 6.04 Å². The maximum absolute atomic E-state index is 4.16. The van der Waals surface area contributed by atoms with Crippen LogP contribution in [-0.2, 0) is 11.8 Å². The molecule has 1 nitrogen and oxygen atoms in total. The Bertz CT molecular complexity index is 1010. The SMILES string of the molecule is C=C1CCC2(C)c3ccc(-c4cccc5ccccc45)cc3CCC2N1. The number of aryl methyl sites for hydroxylation is 1. The van der Waals surface area contributed by atoms with Crippen molar-refractivity contribution in [3.05, 3.63) is 84.1 Å². The zero-order valence-corrected chi connectivity index (χ0v) is 15.4. The second-order valence-corrected chi connectivity index (χ2v) is 8.16. The Morgan fingerprint density at radius 1 is 1.00 bits per heavy atom. The Labute approximate surface area is 155 Å². The number of rotatable bonds is 1. The summed E-state index contributed by atoms with van der Waals surface area (Å²) in [5.41, 5.74) is 7.19. The third kappa shape index (κ3) is 2.30. The van der Waals surface area contributed by atoms with Gasteiger partial charge in [0.2, 0.25) is 0 Å². The summed E-state index contributed by atoms with van der Waals surface area (Å²) >= 11 is 0. The molecule has 0 spiro atoms.